The van der Waals surface area contributed by atoms with E-state index >= 15 is 0 Å². The molecule has 0 aliphatic carbocycles. The van der Waals surface area contributed by atoms with Crippen molar-refractivity contribution in [3.8, 4) is 0 Å². The molecule has 0 aliphatic rings. The highest BCUT2D eigenvalue weighted by molar-refractivity contribution is 7.09. The molecule has 0 spiro atoms. The highest BCUT2D eigenvalue weighted by Gasteiger charge is 1.97. The number of hydrogen-bond acceptors (Lipinski definition) is 5. The van der Waals surface area contributed by atoms with Crippen LogP contribution in [0.5, 0.6) is 0 Å². The van der Waals surface area contributed by atoms with Gasteiger partial charge in [-0.15, -0.1) is 11.3 Å². The average molecular weight is 241 g/mol. The molecule has 0 unspecified atom stereocenters. The van der Waals surface area contributed by atoms with E-state index in [0.29, 0.717) is 5.15 Å². The number of hydrogen-bond donors (Lipinski definition) is 1. The third-order valence-electron chi connectivity index (χ3n) is 1.76. The molecule has 6 heteroatoms. The molecule has 0 radical (unpaired) electrons. The largest absolute Gasteiger partial charge is 0.370 e. The standard InChI is InChI=1S/C9H9ClN4S/c10-7-5-8(14-6-13-7)11-2-1-9-12-3-4-15-9/h3-6H,1-2H2,(H,11,13,14). The Morgan fingerprint density at radius 2 is 2.27 bits per heavy atom. The van der Waals surface area contributed by atoms with E-state index in [2.05, 4.69) is 20.3 Å². The predicted octanol–water partition coefficient (Wildman–Crippen LogP) is 2.24. The van der Waals surface area contributed by atoms with Crippen molar-refractivity contribution in [1.82, 2.24) is 15.0 Å². The van der Waals surface area contributed by atoms with Gasteiger partial charge in [0.05, 0.1) is 5.01 Å². The van der Waals surface area contributed by atoms with Gasteiger partial charge in [0, 0.05) is 30.6 Å². The van der Waals surface area contributed by atoms with Crippen LogP contribution in [0.1, 0.15) is 5.01 Å². The van der Waals surface area contributed by atoms with Crippen LogP contribution in [0.15, 0.2) is 24.0 Å². The highest BCUT2D eigenvalue weighted by Crippen LogP contribution is 2.09. The lowest BCUT2D eigenvalue weighted by molar-refractivity contribution is 0.982. The number of thiazole rings is 1. The Labute approximate surface area is 96.4 Å². The Hall–Kier alpha value is -1.20. The molecule has 0 atom stereocenters. The zero-order valence-electron chi connectivity index (χ0n) is 7.85. The predicted molar refractivity (Wildman–Crippen MR) is 61.3 cm³/mol. The average Bonchev–Trinajstić information content (AvgIpc) is 2.71. The quantitative estimate of drug-likeness (QED) is 0.833. The molecular formula is C9H9ClN4S. The van der Waals surface area contributed by atoms with Crippen LogP contribution in [-0.2, 0) is 6.42 Å². The minimum atomic E-state index is 0.446. The summed E-state index contributed by atoms with van der Waals surface area (Å²) in [7, 11) is 0. The molecule has 78 valence electrons. The van der Waals surface area contributed by atoms with E-state index in [9.17, 15) is 0 Å². The van der Waals surface area contributed by atoms with Crippen molar-refractivity contribution < 1.29 is 0 Å². The van der Waals surface area contributed by atoms with E-state index in [1.165, 1.54) is 6.33 Å². The van der Waals surface area contributed by atoms with Crippen molar-refractivity contribution in [2.45, 2.75) is 6.42 Å². The summed E-state index contributed by atoms with van der Waals surface area (Å²) in [6.45, 7) is 0.793. The lowest BCUT2D eigenvalue weighted by Crippen LogP contribution is -2.06. The summed E-state index contributed by atoms with van der Waals surface area (Å²) in [4.78, 5) is 12.0. The zero-order valence-corrected chi connectivity index (χ0v) is 9.42. The first-order valence-electron chi connectivity index (χ1n) is 4.44. The van der Waals surface area contributed by atoms with Gasteiger partial charge in [0.1, 0.15) is 17.3 Å². The fourth-order valence-electron chi connectivity index (χ4n) is 1.10. The number of nitrogens with zero attached hydrogens (tertiary/aromatic N) is 3. The fourth-order valence-corrected chi connectivity index (χ4v) is 1.87. The van der Waals surface area contributed by atoms with Gasteiger partial charge in [-0.05, 0) is 0 Å². The Balaban J connectivity index is 1.83. The van der Waals surface area contributed by atoms with Crippen molar-refractivity contribution >= 4 is 28.8 Å². The van der Waals surface area contributed by atoms with Crippen molar-refractivity contribution in [2.24, 2.45) is 0 Å². The van der Waals surface area contributed by atoms with Crippen LogP contribution in [0.4, 0.5) is 5.82 Å². The van der Waals surface area contributed by atoms with Crippen LogP contribution in [0.2, 0.25) is 5.15 Å². The molecule has 2 aromatic rings. The van der Waals surface area contributed by atoms with E-state index in [4.69, 9.17) is 11.6 Å². The van der Waals surface area contributed by atoms with Crippen molar-refractivity contribution in [3.63, 3.8) is 0 Å². The summed E-state index contributed by atoms with van der Waals surface area (Å²) in [6.07, 6.45) is 4.13. The maximum atomic E-state index is 5.72. The van der Waals surface area contributed by atoms with E-state index in [1.54, 1.807) is 17.4 Å². The van der Waals surface area contributed by atoms with Crippen molar-refractivity contribution in [2.75, 3.05) is 11.9 Å². The molecule has 2 heterocycles. The molecule has 0 bridgehead atoms. The van der Waals surface area contributed by atoms with Gasteiger partial charge in [0.2, 0.25) is 0 Å². The highest BCUT2D eigenvalue weighted by atomic mass is 35.5. The van der Waals surface area contributed by atoms with Crippen LogP contribution in [-0.4, -0.2) is 21.5 Å². The summed E-state index contributed by atoms with van der Waals surface area (Å²) < 4.78 is 0. The third-order valence-corrected chi connectivity index (χ3v) is 2.81. The monoisotopic (exact) mass is 240 g/mol. The normalized spacial score (nSPS) is 10.2. The lowest BCUT2D eigenvalue weighted by atomic mass is 10.4. The summed E-state index contributed by atoms with van der Waals surface area (Å²) in [5.74, 6) is 0.742. The molecular weight excluding hydrogens is 232 g/mol. The van der Waals surface area contributed by atoms with Crippen LogP contribution in [0, 0.1) is 0 Å². The second-order valence-corrected chi connectivity index (χ2v) is 4.19. The van der Waals surface area contributed by atoms with E-state index < -0.39 is 0 Å². The molecule has 2 aromatic heterocycles. The first-order valence-corrected chi connectivity index (χ1v) is 5.70. The van der Waals surface area contributed by atoms with Gasteiger partial charge in [-0.2, -0.15) is 0 Å². The molecule has 4 nitrogen and oxygen atoms in total. The Morgan fingerprint density at radius 1 is 1.33 bits per heavy atom. The van der Waals surface area contributed by atoms with Gasteiger partial charge in [-0.1, -0.05) is 11.6 Å². The molecule has 0 saturated carbocycles. The smallest absolute Gasteiger partial charge is 0.134 e. The number of nitrogens with one attached hydrogen (secondary N) is 1. The Kier molecular flexibility index (Phi) is 3.47. The van der Waals surface area contributed by atoms with Crippen LogP contribution in [0.3, 0.4) is 0 Å². The maximum absolute atomic E-state index is 5.72. The third kappa shape index (κ3) is 3.14. The van der Waals surface area contributed by atoms with E-state index in [-0.39, 0.29) is 0 Å². The zero-order chi connectivity index (χ0) is 10.5. The fraction of sp³-hybridized carbons (Fsp3) is 0.222. The SMILES string of the molecule is Clc1cc(NCCc2nccs2)ncn1. The van der Waals surface area contributed by atoms with Gasteiger partial charge in [0.15, 0.2) is 0 Å². The van der Waals surface area contributed by atoms with Crippen molar-refractivity contribution in [1.29, 1.82) is 0 Å². The molecule has 0 aromatic carbocycles. The summed E-state index contributed by atoms with van der Waals surface area (Å²) >= 11 is 7.37. The van der Waals surface area contributed by atoms with Crippen LogP contribution in [0.25, 0.3) is 0 Å². The summed E-state index contributed by atoms with van der Waals surface area (Å²) in [6, 6.07) is 1.70. The second kappa shape index (κ2) is 5.04. The minimum absolute atomic E-state index is 0.446. The molecule has 0 saturated heterocycles. The molecule has 0 aliphatic heterocycles. The van der Waals surface area contributed by atoms with Gasteiger partial charge < -0.3 is 5.32 Å². The van der Waals surface area contributed by atoms with Crippen molar-refractivity contribution in [3.05, 3.63) is 34.1 Å². The Morgan fingerprint density at radius 3 is 3.00 bits per heavy atom. The summed E-state index contributed by atoms with van der Waals surface area (Å²) in [5.41, 5.74) is 0. The van der Waals surface area contributed by atoms with Gasteiger partial charge in [-0.25, -0.2) is 15.0 Å². The Bertz CT molecular complexity index is 418. The van der Waals surface area contributed by atoms with E-state index in [0.717, 1.165) is 23.8 Å². The van der Waals surface area contributed by atoms with Crippen LogP contribution >= 0.6 is 22.9 Å². The lowest BCUT2D eigenvalue weighted by Gasteiger charge is -2.03. The molecule has 0 fully saturated rings. The number of aromatic nitrogens is 3. The molecule has 1 N–H and O–H groups in total. The van der Waals surface area contributed by atoms with Crippen LogP contribution < -0.4 is 5.32 Å². The summed E-state index contributed by atoms with van der Waals surface area (Å²) in [5, 5.41) is 6.68. The number of rotatable bonds is 4. The molecule has 2 rings (SSSR count). The minimum Gasteiger partial charge on any atom is -0.370 e. The maximum Gasteiger partial charge on any atom is 0.134 e. The first kappa shape index (κ1) is 10.3. The van der Waals surface area contributed by atoms with Gasteiger partial charge >= 0.3 is 0 Å². The second-order valence-electron chi connectivity index (χ2n) is 2.83. The van der Waals surface area contributed by atoms with Gasteiger partial charge in [0.25, 0.3) is 0 Å². The number of anilines is 1. The number of halogens is 1. The topological polar surface area (TPSA) is 50.7 Å². The van der Waals surface area contributed by atoms with Gasteiger partial charge in [-0.3, -0.25) is 0 Å². The first-order chi connectivity index (χ1) is 7.34. The molecule has 0 amide bonds. The molecule has 15 heavy (non-hydrogen) atoms. The van der Waals surface area contributed by atoms with E-state index in [1.807, 2.05) is 11.6 Å².